The minimum Gasteiger partial charge on any atom is -0.295 e. The van der Waals surface area contributed by atoms with Gasteiger partial charge < -0.3 is 0 Å². The van der Waals surface area contributed by atoms with Gasteiger partial charge in [-0.2, -0.15) is 0 Å². The molecule has 108 valence electrons. The molecule has 0 aromatic heterocycles. The van der Waals surface area contributed by atoms with Crippen LogP contribution in [0.25, 0.3) is 0 Å². The monoisotopic (exact) mass is 276 g/mol. The standard InChI is InChI=1S/C18H24O2/c1-14(2)12-18(20)13-16(4)10-6-8-15(3)9-7-11-17(5)19/h6-12H,13H2,1-5H3/b8-6+,11-7+,15-9+,16-10+/i5D3,11D. The number of rotatable bonds is 7. The van der Waals surface area contributed by atoms with Crippen molar-refractivity contribution in [3.8, 4) is 0 Å². The summed E-state index contributed by atoms with van der Waals surface area (Å²) in [4.78, 5) is 23.0. The third kappa shape index (κ3) is 11.1. The van der Waals surface area contributed by atoms with Crippen molar-refractivity contribution in [3.63, 3.8) is 0 Å². The van der Waals surface area contributed by atoms with E-state index in [9.17, 15) is 9.59 Å². The maximum Gasteiger partial charge on any atom is 0.159 e. The van der Waals surface area contributed by atoms with Crippen LogP contribution in [-0.4, -0.2) is 11.6 Å². The highest BCUT2D eigenvalue weighted by molar-refractivity contribution is 5.91. The van der Waals surface area contributed by atoms with E-state index in [2.05, 4.69) is 0 Å². The van der Waals surface area contributed by atoms with Gasteiger partial charge >= 0.3 is 0 Å². The van der Waals surface area contributed by atoms with Crippen LogP contribution >= 0.6 is 0 Å². The number of carbonyl (C=O) groups excluding carboxylic acids is 2. The Morgan fingerprint density at radius 2 is 1.80 bits per heavy atom. The van der Waals surface area contributed by atoms with Crippen LogP contribution < -0.4 is 0 Å². The fourth-order valence-corrected chi connectivity index (χ4v) is 1.38. The highest BCUT2D eigenvalue weighted by Crippen LogP contribution is 2.05. The zero-order valence-corrected chi connectivity index (χ0v) is 12.5. The van der Waals surface area contributed by atoms with Gasteiger partial charge in [0.1, 0.15) is 0 Å². The average molecular weight is 276 g/mol. The molecule has 0 aromatic carbocycles. The van der Waals surface area contributed by atoms with Gasteiger partial charge in [0.05, 0.1) is 1.37 Å². The van der Waals surface area contributed by atoms with E-state index in [1.165, 1.54) is 12.2 Å². The summed E-state index contributed by atoms with van der Waals surface area (Å²) in [5.41, 5.74) is 2.63. The number of hydrogen-bond acceptors (Lipinski definition) is 2. The molecule has 0 rings (SSSR count). The summed E-state index contributed by atoms with van der Waals surface area (Å²) in [6, 6.07) is -0.554. The quantitative estimate of drug-likeness (QED) is 0.506. The van der Waals surface area contributed by atoms with Crippen molar-refractivity contribution in [3.05, 3.63) is 59.2 Å². The van der Waals surface area contributed by atoms with Gasteiger partial charge in [-0.25, -0.2) is 0 Å². The minimum atomic E-state index is -2.79. The van der Waals surface area contributed by atoms with Crippen LogP contribution in [0.15, 0.2) is 59.2 Å². The highest BCUT2D eigenvalue weighted by Gasteiger charge is 1.97. The number of carbonyl (C=O) groups is 2. The zero-order chi connectivity index (χ0) is 18.9. The van der Waals surface area contributed by atoms with Crippen molar-refractivity contribution in [2.45, 2.75) is 41.0 Å². The van der Waals surface area contributed by atoms with Crippen molar-refractivity contribution in [1.29, 1.82) is 0 Å². The van der Waals surface area contributed by atoms with Gasteiger partial charge in [-0.3, -0.25) is 9.59 Å². The van der Waals surface area contributed by atoms with Gasteiger partial charge in [-0.05, 0) is 46.7 Å². The number of ketones is 2. The van der Waals surface area contributed by atoms with Crippen molar-refractivity contribution >= 4 is 11.6 Å². The van der Waals surface area contributed by atoms with E-state index in [0.29, 0.717) is 6.42 Å². The number of hydrogen-bond donors (Lipinski definition) is 0. The molecule has 0 unspecified atom stereocenters. The van der Waals surface area contributed by atoms with Crippen LogP contribution in [0.1, 0.15) is 46.5 Å². The van der Waals surface area contributed by atoms with Gasteiger partial charge in [0.25, 0.3) is 0 Å². The van der Waals surface area contributed by atoms with E-state index < -0.39 is 18.7 Å². The molecule has 2 heteroatoms. The molecular formula is C18H24O2. The lowest BCUT2D eigenvalue weighted by Gasteiger charge is -1.96. The maximum absolute atomic E-state index is 11.6. The van der Waals surface area contributed by atoms with Crippen LogP contribution in [0.3, 0.4) is 0 Å². The Bertz CT molecular complexity index is 626. The molecule has 0 N–H and O–H groups in total. The Morgan fingerprint density at radius 3 is 2.40 bits per heavy atom. The summed E-state index contributed by atoms with van der Waals surface area (Å²) in [5.74, 6) is -1.13. The molecule has 0 aliphatic heterocycles. The third-order valence-electron chi connectivity index (χ3n) is 2.20. The molecule has 0 amide bonds. The third-order valence-corrected chi connectivity index (χ3v) is 2.20. The second kappa shape index (κ2) is 9.90. The van der Waals surface area contributed by atoms with Crippen LogP contribution in [0.4, 0.5) is 0 Å². The van der Waals surface area contributed by atoms with Crippen LogP contribution in [0, 0.1) is 0 Å². The van der Waals surface area contributed by atoms with Gasteiger partial charge in [-0.15, -0.1) is 0 Å². The first-order valence-corrected chi connectivity index (χ1v) is 6.35. The van der Waals surface area contributed by atoms with Crippen molar-refractivity contribution in [1.82, 2.24) is 0 Å². The van der Waals surface area contributed by atoms with E-state index in [4.69, 9.17) is 5.48 Å². The first-order chi connectivity index (χ1) is 10.9. The lowest BCUT2D eigenvalue weighted by molar-refractivity contribution is -0.114. The summed E-state index contributed by atoms with van der Waals surface area (Å²) < 4.78 is 28.3. The molecule has 0 aliphatic carbocycles. The molecule has 0 radical (unpaired) electrons. The average Bonchev–Trinajstić information content (AvgIpc) is 2.41. The van der Waals surface area contributed by atoms with E-state index >= 15 is 0 Å². The predicted octanol–water partition coefficient (Wildman–Crippen LogP) is 4.51. The van der Waals surface area contributed by atoms with Crippen molar-refractivity contribution in [2.24, 2.45) is 0 Å². The molecule has 0 aliphatic rings. The lowest BCUT2D eigenvalue weighted by Crippen LogP contribution is -1.93. The molecule has 0 fully saturated rings. The van der Waals surface area contributed by atoms with E-state index in [1.807, 2.05) is 26.8 Å². The van der Waals surface area contributed by atoms with Crippen molar-refractivity contribution in [2.75, 3.05) is 0 Å². The summed E-state index contributed by atoms with van der Waals surface area (Å²) in [5, 5.41) is 0. The fraction of sp³-hybridized carbons (Fsp3) is 0.333. The largest absolute Gasteiger partial charge is 0.295 e. The fourth-order valence-electron chi connectivity index (χ4n) is 1.38. The molecule has 0 atom stereocenters. The summed E-state index contributed by atoms with van der Waals surface area (Å²) >= 11 is 0. The smallest absolute Gasteiger partial charge is 0.159 e. The second-order valence-electron chi connectivity index (χ2n) is 4.79. The topological polar surface area (TPSA) is 34.1 Å². The summed E-state index contributed by atoms with van der Waals surface area (Å²) in [6.07, 6.45) is 9.95. The molecular weight excluding hydrogens is 248 g/mol. The normalized spacial score (nSPS) is 17.1. The SMILES string of the molecule is [2H]\C(=C/C=C(C)/C=C/C=C(\C)CC(=O)C=C(C)C)C(=O)C([2H])([2H])[2H]. The lowest BCUT2D eigenvalue weighted by atomic mass is 10.1. The van der Waals surface area contributed by atoms with Gasteiger partial charge in [-0.1, -0.05) is 47.1 Å². The van der Waals surface area contributed by atoms with Gasteiger partial charge in [0.15, 0.2) is 11.6 Å². The molecule has 0 saturated carbocycles. The van der Waals surface area contributed by atoms with E-state index in [1.54, 1.807) is 25.2 Å². The number of allylic oxidation sites excluding steroid dienone is 10. The first-order valence-electron chi connectivity index (χ1n) is 8.35. The van der Waals surface area contributed by atoms with Gasteiger partial charge in [0, 0.05) is 10.5 Å². The van der Waals surface area contributed by atoms with E-state index in [-0.39, 0.29) is 5.78 Å². The molecule has 0 spiro atoms. The van der Waals surface area contributed by atoms with Crippen LogP contribution in [-0.2, 0) is 9.59 Å². The molecule has 0 aromatic rings. The summed E-state index contributed by atoms with van der Waals surface area (Å²) in [6.45, 7) is 4.57. The van der Waals surface area contributed by atoms with Crippen LogP contribution in [0.2, 0.25) is 0 Å². The Labute approximate surface area is 127 Å². The Hall–Kier alpha value is -1.96. The maximum atomic E-state index is 11.6. The second-order valence-corrected chi connectivity index (χ2v) is 4.79. The first kappa shape index (κ1) is 11.8. The Balaban J connectivity index is 4.81. The summed E-state index contributed by atoms with van der Waals surface area (Å²) in [7, 11) is 0. The minimum absolute atomic E-state index is 0.0503. The molecule has 2 nitrogen and oxygen atoms in total. The molecule has 0 bridgehead atoms. The van der Waals surface area contributed by atoms with Gasteiger partial charge in [0.2, 0.25) is 0 Å². The molecule has 0 heterocycles. The van der Waals surface area contributed by atoms with Crippen molar-refractivity contribution < 1.29 is 15.1 Å². The highest BCUT2D eigenvalue weighted by atomic mass is 16.1. The van der Waals surface area contributed by atoms with Crippen LogP contribution in [0.5, 0.6) is 0 Å². The molecule has 0 saturated heterocycles. The Kier molecular flexibility index (Phi) is 5.86. The zero-order valence-electron chi connectivity index (χ0n) is 16.5. The Morgan fingerprint density at radius 1 is 1.10 bits per heavy atom. The van der Waals surface area contributed by atoms with E-state index in [0.717, 1.165) is 16.7 Å². The molecule has 20 heavy (non-hydrogen) atoms. The predicted molar refractivity (Wildman–Crippen MR) is 85.5 cm³/mol.